The Balaban J connectivity index is 2.30. The molecule has 2 aromatic heterocycles. The second kappa shape index (κ2) is 9.33. The molecular weight excluding hydrogens is 530 g/mol. The maximum atomic E-state index is 13.2. The Morgan fingerprint density at radius 3 is 2.29 bits per heavy atom. The first-order valence-electron chi connectivity index (χ1n) is 8.67. The number of rotatable bonds is 6. The van der Waals surface area contributed by atoms with Crippen molar-refractivity contribution in [2.45, 2.75) is 38.9 Å². The van der Waals surface area contributed by atoms with Gasteiger partial charge in [0.05, 0.1) is 18.5 Å². The van der Waals surface area contributed by atoms with E-state index in [4.69, 9.17) is 27.6 Å². The van der Waals surface area contributed by atoms with E-state index in [2.05, 4.69) is 71.4 Å². The molecule has 2 aromatic rings. The third-order valence-electron chi connectivity index (χ3n) is 4.82. The maximum absolute atomic E-state index is 13.2. The lowest BCUT2D eigenvalue weighted by Crippen LogP contribution is -2.43. The highest BCUT2D eigenvalue weighted by Crippen LogP contribution is 2.36. The molecule has 0 fully saturated rings. The van der Waals surface area contributed by atoms with E-state index in [-0.39, 0.29) is 20.9 Å². The molecule has 0 radical (unpaired) electrons. The molecule has 0 unspecified atom stereocenters. The van der Waals surface area contributed by atoms with Gasteiger partial charge in [0.2, 0.25) is 0 Å². The zero-order chi connectivity index (χ0) is 21.1. The van der Waals surface area contributed by atoms with Gasteiger partial charge in [0.1, 0.15) is 25.9 Å². The highest BCUT2D eigenvalue weighted by Gasteiger charge is 2.37. The maximum Gasteiger partial charge on any atom is 0.264 e. The average molecular weight is 553 g/mol. The zero-order valence-corrected chi connectivity index (χ0v) is 21.1. The monoisotopic (exact) mass is 552 g/mol. The highest BCUT2D eigenvalue weighted by molar-refractivity contribution is 14.1. The fourth-order valence-corrected chi connectivity index (χ4v) is 3.97. The van der Waals surface area contributed by atoms with Crippen LogP contribution in [-0.4, -0.2) is 42.3 Å². The van der Waals surface area contributed by atoms with E-state index < -0.39 is 14.2 Å². The molecule has 2 rings (SSSR count). The molecule has 1 amide bonds. The van der Waals surface area contributed by atoms with Crippen LogP contribution in [0.1, 0.15) is 31.1 Å². The van der Waals surface area contributed by atoms with Gasteiger partial charge in [0, 0.05) is 6.54 Å². The number of carbonyl (C=O) groups excluding carboxylic acids is 1. The molecule has 10 heteroatoms. The molecule has 0 aliphatic carbocycles. The van der Waals surface area contributed by atoms with Crippen molar-refractivity contribution in [2.75, 3.05) is 18.1 Å². The number of amides is 1. The topological polar surface area (TPSA) is 68.2 Å². The molecule has 0 spiro atoms. The summed E-state index contributed by atoms with van der Waals surface area (Å²) in [6.45, 7) is 11.6. The molecule has 0 aromatic carbocycles. The van der Waals surface area contributed by atoms with Crippen LogP contribution < -0.4 is 4.90 Å². The Kier molecular flexibility index (Phi) is 7.82. The van der Waals surface area contributed by atoms with Gasteiger partial charge in [-0.2, -0.15) is 0 Å². The predicted molar refractivity (Wildman–Crippen MR) is 124 cm³/mol. The molecule has 0 aliphatic rings. The van der Waals surface area contributed by atoms with E-state index in [1.54, 1.807) is 11.1 Å². The van der Waals surface area contributed by atoms with Crippen LogP contribution >= 0.6 is 45.8 Å². The number of pyridine rings is 1. The van der Waals surface area contributed by atoms with Gasteiger partial charge in [-0.1, -0.05) is 44.0 Å². The van der Waals surface area contributed by atoms with Crippen LogP contribution in [0.15, 0.2) is 24.7 Å². The number of carbonyl (C=O) groups is 1. The van der Waals surface area contributed by atoms with E-state index >= 15 is 0 Å². The van der Waals surface area contributed by atoms with Crippen molar-refractivity contribution in [3.8, 4) is 0 Å². The Morgan fingerprint density at radius 2 is 1.79 bits per heavy atom. The van der Waals surface area contributed by atoms with Crippen LogP contribution in [0.2, 0.25) is 28.4 Å². The molecule has 0 saturated carbocycles. The Morgan fingerprint density at radius 1 is 1.18 bits per heavy atom. The van der Waals surface area contributed by atoms with Crippen LogP contribution in [0.25, 0.3) is 0 Å². The van der Waals surface area contributed by atoms with E-state index in [9.17, 15) is 4.79 Å². The second-order valence-corrected chi connectivity index (χ2v) is 14.4. The number of hydrogen-bond donors (Lipinski definition) is 0. The van der Waals surface area contributed by atoms with E-state index in [1.165, 1.54) is 6.33 Å². The number of hydrogen-bond acceptors (Lipinski definition) is 5. The highest BCUT2D eigenvalue weighted by atomic mass is 127. The lowest BCUT2D eigenvalue weighted by Gasteiger charge is -2.36. The Bertz CT molecular complexity index is 824. The minimum Gasteiger partial charge on any atom is -0.415 e. The Hall–Kier alpha value is -0.813. The van der Waals surface area contributed by atoms with Gasteiger partial charge in [-0.15, -0.1) is 0 Å². The predicted octanol–water partition coefficient (Wildman–Crippen LogP) is 5.45. The van der Waals surface area contributed by atoms with Gasteiger partial charge in [0.25, 0.3) is 5.91 Å². The number of aromatic nitrogens is 3. The lowest BCUT2D eigenvalue weighted by molar-refractivity contribution is 0.0981. The first kappa shape index (κ1) is 23.5. The third-order valence-corrected chi connectivity index (χ3v) is 10.6. The van der Waals surface area contributed by atoms with Crippen molar-refractivity contribution in [1.29, 1.82) is 0 Å². The summed E-state index contributed by atoms with van der Waals surface area (Å²) in [5.41, 5.74) is 0.692. The molecule has 6 nitrogen and oxygen atoms in total. The van der Waals surface area contributed by atoms with Gasteiger partial charge in [-0.3, -0.25) is 4.79 Å². The van der Waals surface area contributed by atoms with Crippen LogP contribution in [0.3, 0.4) is 0 Å². The lowest BCUT2D eigenvalue weighted by atomic mass is 10.2. The molecule has 0 bridgehead atoms. The molecule has 2 heterocycles. The molecule has 0 atom stereocenters. The normalized spacial score (nSPS) is 12.1. The van der Waals surface area contributed by atoms with Gasteiger partial charge in [-0.05, 0) is 52.9 Å². The summed E-state index contributed by atoms with van der Waals surface area (Å²) in [5, 5.41) is 0.101. The van der Waals surface area contributed by atoms with Crippen LogP contribution in [0, 0.1) is 3.70 Å². The van der Waals surface area contributed by atoms with Gasteiger partial charge in [-0.25, -0.2) is 15.0 Å². The fourth-order valence-electron chi connectivity index (χ4n) is 2.14. The Labute approximate surface area is 190 Å². The van der Waals surface area contributed by atoms with Crippen molar-refractivity contribution in [3.05, 3.63) is 44.2 Å². The standard InChI is InChI=1S/C18H23Cl2IN4O2Si/c1-18(2,3)28(4,5)27-9-8-25(12-6-7-13(21)22-10-12)17(26)14-15(19)23-11-24-16(14)20/h6-7,10-11H,8-9H2,1-5H3. The summed E-state index contributed by atoms with van der Waals surface area (Å²) in [6, 6.07) is 3.65. The average Bonchev–Trinajstić information content (AvgIpc) is 2.58. The summed E-state index contributed by atoms with van der Waals surface area (Å²) in [4.78, 5) is 26.8. The van der Waals surface area contributed by atoms with E-state index in [0.29, 0.717) is 18.8 Å². The quantitative estimate of drug-likeness (QED) is 0.206. The molecule has 0 aliphatic heterocycles. The summed E-state index contributed by atoms with van der Waals surface area (Å²) >= 11 is 14.4. The first-order chi connectivity index (χ1) is 12.9. The number of halogens is 3. The van der Waals surface area contributed by atoms with Crippen molar-refractivity contribution < 1.29 is 9.22 Å². The zero-order valence-electron chi connectivity index (χ0n) is 16.5. The summed E-state index contributed by atoms with van der Waals surface area (Å²) in [6.07, 6.45) is 2.86. The van der Waals surface area contributed by atoms with Crippen molar-refractivity contribution in [1.82, 2.24) is 15.0 Å². The first-order valence-corrected chi connectivity index (χ1v) is 13.4. The number of nitrogens with zero attached hydrogens (tertiary/aromatic N) is 4. The smallest absolute Gasteiger partial charge is 0.264 e. The molecule has 0 saturated heterocycles. The SMILES string of the molecule is CC(C)(C)[Si](C)(C)OCCN(C(=O)c1c(Cl)ncnc1Cl)c1ccc(I)nc1. The largest absolute Gasteiger partial charge is 0.415 e. The number of anilines is 1. The van der Waals surface area contributed by atoms with Crippen LogP contribution in [-0.2, 0) is 4.43 Å². The van der Waals surface area contributed by atoms with Crippen LogP contribution in [0.5, 0.6) is 0 Å². The molecular formula is C18H23Cl2IN4O2Si. The van der Waals surface area contributed by atoms with E-state index in [0.717, 1.165) is 3.70 Å². The minimum atomic E-state index is -1.95. The van der Waals surface area contributed by atoms with Crippen molar-refractivity contribution in [3.63, 3.8) is 0 Å². The van der Waals surface area contributed by atoms with Gasteiger partial charge >= 0.3 is 0 Å². The van der Waals surface area contributed by atoms with E-state index in [1.807, 2.05) is 12.1 Å². The molecule has 0 N–H and O–H groups in total. The second-order valence-electron chi connectivity index (χ2n) is 7.73. The van der Waals surface area contributed by atoms with Gasteiger partial charge < -0.3 is 9.33 Å². The van der Waals surface area contributed by atoms with Gasteiger partial charge in [0.15, 0.2) is 8.32 Å². The summed E-state index contributed by atoms with van der Waals surface area (Å²) in [7, 11) is -1.95. The van der Waals surface area contributed by atoms with Crippen molar-refractivity contribution in [2.24, 2.45) is 0 Å². The molecule has 28 heavy (non-hydrogen) atoms. The van der Waals surface area contributed by atoms with Crippen molar-refractivity contribution >= 4 is 65.7 Å². The fraction of sp³-hybridized carbons (Fsp3) is 0.444. The molecule has 152 valence electrons. The minimum absolute atomic E-state index is 0.0128. The van der Waals surface area contributed by atoms with Crippen LogP contribution in [0.4, 0.5) is 5.69 Å². The third kappa shape index (κ3) is 5.62. The summed E-state index contributed by atoms with van der Waals surface area (Å²) < 4.78 is 7.07. The summed E-state index contributed by atoms with van der Waals surface area (Å²) in [5.74, 6) is -0.391.